The third kappa shape index (κ3) is 1.88. The molecule has 23 heavy (non-hydrogen) atoms. The first-order chi connectivity index (χ1) is 10.7. The van der Waals surface area contributed by atoms with Crippen molar-refractivity contribution in [2.75, 3.05) is 0 Å². The molecule has 0 radical (unpaired) electrons. The predicted octanol–water partition coefficient (Wildman–Crippen LogP) is 5.71. The number of hydrogen-bond donors (Lipinski definition) is 0. The molecule has 126 valence electrons. The molecule has 0 aliphatic heterocycles. The molecule has 0 aromatic heterocycles. The van der Waals surface area contributed by atoms with Crippen LogP contribution in [0, 0.1) is 34.0 Å². The summed E-state index contributed by atoms with van der Waals surface area (Å²) in [6, 6.07) is 0. The first kappa shape index (κ1) is 15.7. The maximum absolute atomic E-state index is 12.0. The molecule has 0 saturated heterocycles. The molecule has 0 heterocycles. The number of hydrogen-bond acceptors (Lipinski definition) is 1. The van der Waals surface area contributed by atoms with Crippen LogP contribution in [0.3, 0.4) is 0 Å². The Morgan fingerprint density at radius 3 is 2.43 bits per heavy atom. The van der Waals surface area contributed by atoms with E-state index in [2.05, 4.69) is 40.7 Å². The summed E-state index contributed by atoms with van der Waals surface area (Å²) < 4.78 is 0. The van der Waals surface area contributed by atoms with Crippen molar-refractivity contribution < 1.29 is 4.79 Å². The Labute approximate surface area is 141 Å². The standard InChI is InChI=1S/C22H32O/c1-14-12-16-17(21(4)10-6-15(23)13-19(14)21)8-11-22(5)18(16)7-9-20(22,2)3/h12-13,16-18H,6-11H2,1-5H3. The second-order valence-electron chi connectivity index (χ2n) is 9.96. The van der Waals surface area contributed by atoms with Gasteiger partial charge in [-0.3, -0.25) is 4.79 Å². The second-order valence-corrected chi connectivity index (χ2v) is 9.96. The molecular formula is C22H32O. The summed E-state index contributed by atoms with van der Waals surface area (Å²) >= 11 is 0. The van der Waals surface area contributed by atoms with Gasteiger partial charge in [-0.25, -0.2) is 0 Å². The van der Waals surface area contributed by atoms with E-state index in [9.17, 15) is 4.79 Å². The number of rotatable bonds is 0. The topological polar surface area (TPSA) is 17.1 Å². The fraction of sp³-hybridized carbons (Fsp3) is 0.773. The van der Waals surface area contributed by atoms with E-state index in [0.717, 1.165) is 30.6 Å². The first-order valence-electron chi connectivity index (χ1n) is 9.63. The van der Waals surface area contributed by atoms with Gasteiger partial charge >= 0.3 is 0 Å². The minimum Gasteiger partial charge on any atom is -0.295 e. The van der Waals surface area contributed by atoms with Crippen molar-refractivity contribution in [1.29, 1.82) is 0 Å². The third-order valence-corrected chi connectivity index (χ3v) is 8.85. The molecule has 1 nitrogen and oxygen atoms in total. The average Bonchev–Trinajstić information content (AvgIpc) is 2.72. The molecule has 0 N–H and O–H groups in total. The highest BCUT2D eigenvalue weighted by Crippen LogP contribution is 2.69. The van der Waals surface area contributed by atoms with E-state index in [1.54, 1.807) is 0 Å². The molecule has 0 aromatic rings. The molecular weight excluding hydrogens is 280 g/mol. The maximum Gasteiger partial charge on any atom is 0.156 e. The third-order valence-electron chi connectivity index (χ3n) is 8.85. The normalized spacial score (nSPS) is 48.0. The smallest absolute Gasteiger partial charge is 0.156 e. The van der Waals surface area contributed by atoms with Crippen molar-refractivity contribution in [1.82, 2.24) is 0 Å². The van der Waals surface area contributed by atoms with Gasteiger partial charge < -0.3 is 0 Å². The van der Waals surface area contributed by atoms with Crippen molar-refractivity contribution >= 4 is 5.78 Å². The first-order valence-corrected chi connectivity index (χ1v) is 9.63. The van der Waals surface area contributed by atoms with Crippen molar-refractivity contribution in [2.45, 2.75) is 73.1 Å². The molecule has 0 spiro atoms. The molecule has 0 aromatic carbocycles. The lowest BCUT2D eigenvalue weighted by Gasteiger charge is -2.58. The Morgan fingerprint density at radius 2 is 1.70 bits per heavy atom. The lowest BCUT2D eigenvalue weighted by molar-refractivity contribution is -0.116. The van der Waals surface area contributed by atoms with Gasteiger partial charge in [-0.1, -0.05) is 39.3 Å². The molecule has 4 rings (SSSR count). The van der Waals surface area contributed by atoms with Crippen LogP contribution in [0.2, 0.25) is 0 Å². The Kier molecular flexibility index (Phi) is 3.14. The maximum atomic E-state index is 12.0. The number of carbonyl (C=O) groups excluding carboxylic acids is 1. The summed E-state index contributed by atoms with van der Waals surface area (Å²) in [7, 11) is 0. The van der Waals surface area contributed by atoms with Crippen molar-refractivity contribution in [3.05, 3.63) is 23.3 Å². The highest BCUT2D eigenvalue weighted by Gasteiger charge is 2.60. The minimum atomic E-state index is 0.242. The highest BCUT2D eigenvalue weighted by molar-refractivity contribution is 5.92. The van der Waals surface area contributed by atoms with Gasteiger partial charge in [-0.15, -0.1) is 0 Å². The summed E-state index contributed by atoms with van der Waals surface area (Å²) in [6.45, 7) is 12.3. The van der Waals surface area contributed by atoms with Gasteiger partial charge in [0, 0.05) is 6.42 Å². The van der Waals surface area contributed by atoms with Crippen LogP contribution in [0.15, 0.2) is 23.3 Å². The zero-order valence-electron chi connectivity index (χ0n) is 15.5. The van der Waals surface area contributed by atoms with E-state index in [0.29, 0.717) is 16.6 Å². The molecule has 5 unspecified atom stereocenters. The fourth-order valence-corrected chi connectivity index (χ4v) is 6.91. The van der Waals surface area contributed by atoms with Gasteiger partial charge in [0.25, 0.3) is 0 Å². The number of fused-ring (bicyclic) bond motifs is 5. The van der Waals surface area contributed by atoms with Crippen LogP contribution in [0.25, 0.3) is 0 Å². The second kappa shape index (κ2) is 4.61. The van der Waals surface area contributed by atoms with Gasteiger partial charge in [-0.05, 0) is 84.7 Å². The van der Waals surface area contributed by atoms with E-state index in [1.165, 1.54) is 36.8 Å². The summed E-state index contributed by atoms with van der Waals surface area (Å²) in [5.41, 5.74) is 3.98. The number of carbonyl (C=O) groups is 1. The Hall–Kier alpha value is -0.850. The van der Waals surface area contributed by atoms with Crippen molar-refractivity contribution in [3.63, 3.8) is 0 Å². The predicted molar refractivity (Wildman–Crippen MR) is 95.0 cm³/mol. The monoisotopic (exact) mass is 312 g/mol. The lowest BCUT2D eigenvalue weighted by atomic mass is 9.46. The van der Waals surface area contributed by atoms with Gasteiger partial charge in [0.1, 0.15) is 0 Å². The molecule has 0 amide bonds. The summed E-state index contributed by atoms with van der Waals surface area (Å²) in [6.07, 6.45) is 11.9. The summed E-state index contributed by atoms with van der Waals surface area (Å²) in [5, 5.41) is 0. The fourth-order valence-electron chi connectivity index (χ4n) is 6.91. The number of allylic oxidation sites excluding steroid dienone is 4. The zero-order valence-corrected chi connectivity index (χ0v) is 15.5. The molecule has 1 heteroatoms. The number of ketones is 1. The average molecular weight is 312 g/mol. The van der Waals surface area contributed by atoms with Crippen LogP contribution >= 0.6 is 0 Å². The molecule has 0 bridgehead atoms. The lowest BCUT2D eigenvalue weighted by Crippen LogP contribution is -2.50. The van der Waals surface area contributed by atoms with E-state index in [-0.39, 0.29) is 5.41 Å². The van der Waals surface area contributed by atoms with Gasteiger partial charge in [-0.2, -0.15) is 0 Å². The zero-order chi connectivity index (χ0) is 16.6. The molecule has 5 atom stereocenters. The van der Waals surface area contributed by atoms with Crippen LogP contribution in [0.1, 0.15) is 73.1 Å². The van der Waals surface area contributed by atoms with E-state index < -0.39 is 0 Å². The minimum absolute atomic E-state index is 0.242. The van der Waals surface area contributed by atoms with Gasteiger partial charge in [0.05, 0.1) is 0 Å². The molecule has 2 fully saturated rings. The largest absolute Gasteiger partial charge is 0.295 e. The van der Waals surface area contributed by atoms with E-state index in [4.69, 9.17) is 0 Å². The van der Waals surface area contributed by atoms with Gasteiger partial charge in [0.15, 0.2) is 5.78 Å². The summed E-state index contributed by atoms with van der Waals surface area (Å²) in [5.74, 6) is 2.65. The highest BCUT2D eigenvalue weighted by atomic mass is 16.1. The van der Waals surface area contributed by atoms with Crippen molar-refractivity contribution in [3.8, 4) is 0 Å². The summed E-state index contributed by atoms with van der Waals surface area (Å²) in [4.78, 5) is 12.0. The van der Waals surface area contributed by atoms with Crippen LogP contribution < -0.4 is 0 Å². The van der Waals surface area contributed by atoms with E-state index in [1.807, 2.05) is 6.08 Å². The van der Waals surface area contributed by atoms with Crippen molar-refractivity contribution in [2.24, 2.45) is 34.0 Å². The van der Waals surface area contributed by atoms with Crippen LogP contribution in [0.5, 0.6) is 0 Å². The Morgan fingerprint density at radius 1 is 1.00 bits per heavy atom. The molecule has 4 aliphatic carbocycles. The Bertz CT molecular complexity index is 622. The quantitative estimate of drug-likeness (QED) is 0.560. The SMILES string of the molecule is CC1=CC2C(CCC3(C)C2CCC3(C)C)C2(C)CCC(=O)C=C12. The van der Waals surface area contributed by atoms with Gasteiger partial charge in [0.2, 0.25) is 0 Å². The van der Waals surface area contributed by atoms with E-state index >= 15 is 0 Å². The molecule has 4 aliphatic rings. The van der Waals surface area contributed by atoms with Crippen LogP contribution in [0.4, 0.5) is 0 Å². The van der Waals surface area contributed by atoms with Crippen LogP contribution in [-0.4, -0.2) is 5.78 Å². The molecule has 2 saturated carbocycles. The Balaban J connectivity index is 1.80. The van der Waals surface area contributed by atoms with Crippen LogP contribution in [-0.2, 0) is 4.79 Å².